The molecule has 0 fully saturated rings. The molecule has 0 aliphatic carbocycles. The highest BCUT2D eigenvalue weighted by atomic mass is 35.5. The Morgan fingerprint density at radius 2 is 2.17 bits per heavy atom. The lowest BCUT2D eigenvalue weighted by molar-refractivity contribution is 0.182. The van der Waals surface area contributed by atoms with Crippen molar-refractivity contribution < 1.29 is 4.74 Å². The lowest BCUT2D eigenvalue weighted by Crippen LogP contribution is -2.37. The fraction of sp³-hybridized carbons (Fsp3) is 0.571. The van der Waals surface area contributed by atoms with Crippen LogP contribution in [0.15, 0.2) is 18.2 Å². The average molecular weight is 271 g/mol. The molecule has 3 nitrogen and oxygen atoms in total. The number of hydrogen-bond acceptors (Lipinski definition) is 3. The molecule has 0 amide bonds. The highest BCUT2D eigenvalue weighted by molar-refractivity contribution is 6.31. The second-order valence-electron chi connectivity index (χ2n) is 4.37. The summed E-state index contributed by atoms with van der Waals surface area (Å²) in [7, 11) is 1.73. The van der Waals surface area contributed by atoms with Gasteiger partial charge in [0.05, 0.1) is 6.61 Å². The highest BCUT2D eigenvalue weighted by Crippen LogP contribution is 2.29. The summed E-state index contributed by atoms with van der Waals surface area (Å²) in [4.78, 5) is 2.31. The summed E-state index contributed by atoms with van der Waals surface area (Å²) in [6.45, 7) is 6.51. The largest absolute Gasteiger partial charge is 0.383 e. The van der Waals surface area contributed by atoms with Crippen molar-refractivity contribution in [2.75, 3.05) is 31.7 Å². The first-order valence-electron chi connectivity index (χ1n) is 6.38. The Hall–Kier alpha value is -0.770. The Morgan fingerprint density at radius 1 is 1.44 bits per heavy atom. The van der Waals surface area contributed by atoms with E-state index >= 15 is 0 Å². The van der Waals surface area contributed by atoms with Gasteiger partial charge in [-0.3, -0.25) is 0 Å². The van der Waals surface area contributed by atoms with Gasteiger partial charge < -0.3 is 15.4 Å². The Balaban J connectivity index is 3.08. The molecule has 0 spiro atoms. The fourth-order valence-corrected chi connectivity index (χ4v) is 2.52. The number of likely N-dealkylation sites (N-methyl/N-ethyl adjacent to an activating group) is 1. The Labute approximate surface area is 115 Å². The van der Waals surface area contributed by atoms with Gasteiger partial charge in [0.2, 0.25) is 0 Å². The standard InChI is InChI=1S/C14H23ClN2O/c1-4-17(11(2)10-18-3)14-7-5-6-13(15)12(14)8-9-16/h5-7,11H,4,8-10,16H2,1-3H3. The zero-order valence-corrected chi connectivity index (χ0v) is 12.2. The molecule has 0 aliphatic rings. The normalized spacial score (nSPS) is 12.5. The number of nitrogens with two attached hydrogens (primary N) is 1. The lowest BCUT2D eigenvalue weighted by Gasteiger charge is -2.32. The zero-order chi connectivity index (χ0) is 13.5. The monoisotopic (exact) mass is 270 g/mol. The molecule has 2 N–H and O–H groups in total. The van der Waals surface area contributed by atoms with Crippen molar-refractivity contribution in [1.82, 2.24) is 0 Å². The minimum atomic E-state index is 0.315. The van der Waals surface area contributed by atoms with E-state index in [9.17, 15) is 0 Å². The molecule has 18 heavy (non-hydrogen) atoms. The molecule has 0 saturated heterocycles. The summed E-state index contributed by atoms with van der Waals surface area (Å²) in [5.74, 6) is 0. The van der Waals surface area contributed by atoms with Crippen molar-refractivity contribution in [2.24, 2.45) is 5.73 Å². The molecule has 0 saturated carbocycles. The van der Waals surface area contributed by atoms with Crippen LogP contribution in [0.2, 0.25) is 5.02 Å². The van der Waals surface area contributed by atoms with Crippen LogP contribution in [0.4, 0.5) is 5.69 Å². The van der Waals surface area contributed by atoms with Crippen molar-refractivity contribution in [3.8, 4) is 0 Å². The zero-order valence-electron chi connectivity index (χ0n) is 11.4. The van der Waals surface area contributed by atoms with Gasteiger partial charge in [0.15, 0.2) is 0 Å². The van der Waals surface area contributed by atoms with Crippen molar-refractivity contribution in [1.29, 1.82) is 0 Å². The van der Waals surface area contributed by atoms with Crippen LogP contribution in [0.5, 0.6) is 0 Å². The number of rotatable bonds is 7. The second-order valence-corrected chi connectivity index (χ2v) is 4.77. The maximum absolute atomic E-state index is 6.28. The van der Waals surface area contributed by atoms with Gasteiger partial charge >= 0.3 is 0 Å². The number of nitrogens with zero attached hydrogens (tertiary/aromatic N) is 1. The Kier molecular flexibility index (Phi) is 6.47. The van der Waals surface area contributed by atoms with Crippen LogP contribution >= 0.6 is 11.6 Å². The van der Waals surface area contributed by atoms with Crippen molar-refractivity contribution >= 4 is 17.3 Å². The van der Waals surface area contributed by atoms with E-state index < -0.39 is 0 Å². The molecule has 0 aromatic heterocycles. The molecule has 1 unspecified atom stereocenters. The highest BCUT2D eigenvalue weighted by Gasteiger charge is 2.17. The van der Waals surface area contributed by atoms with E-state index in [1.807, 2.05) is 12.1 Å². The Bertz CT molecular complexity index is 371. The van der Waals surface area contributed by atoms with Crippen LogP contribution in [0.3, 0.4) is 0 Å². The van der Waals surface area contributed by atoms with Gasteiger partial charge in [0.25, 0.3) is 0 Å². The van der Waals surface area contributed by atoms with Gasteiger partial charge in [-0.15, -0.1) is 0 Å². The predicted molar refractivity (Wildman–Crippen MR) is 78.6 cm³/mol. The first-order valence-corrected chi connectivity index (χ1v) is 6.76. The minimum absolute atomic E-state index is 0.315. The summed E-state index contributed by atoms with van der Waals surface area (Å²) in [6.07, 6.45) is 0.797. The first-order chi connectivity index (χ1) is 8.65. The van der Waals surface area contributed by atoms with Gasteiger partial charge in [0, 0.05) is 30.4 Å². The van der Waals surface area contributed by atoms with Crippen LogP contribution in [0, 0.1) is 0 Å². The molecule has 1 aromatic carbocycles. The maximum Gasteiger partial charge on any atom is 0.0663 e. The SMILES string of the molecule is CCN(c1cccc(Cl)c1CCN)C(C)COC. The lowest BCUT2D eigenvalue weighted by atomic mass is 10.1. The van der Waals surface area contributed by atoms with E-state index in [0.29, 0.717) is 19.2 Å². The summed E-state index contributed by atoms with van der Waals surface area (Å²) in [5, 5.41) is 0.793. The van der Waals surface area contributed by atoms with Crippen molar-refractivity contribution in [2.45, 2.75) is 26.3 Å². The van der Waals surface area contributed by atoms with E-state index in [-0.39, 0.29) is 0 Å². The molecule has 1 atom stereocenters. The fourth-order valence-electron chi connectivity index (χ4n) is 2.26. The van der Waals surface area contributed by atoms with Crippen LogP contribution in [0.25, 0.3) is 0 Å². The van der Waals surface area contributed by atoms with E-state index in [2.05, 4.69) is 24.8 Å². The minimum Gasteiger partial charge on any atom is -0.383 e. The number of halogens is 1. The van der Waals surface area contributed by atoms with Crippen LogP contribution in [-0.2, 0) is 11.2 Å². The van der Waals surface area contributed by atoms with Gasteiger partial charge in [-0.1, -0.05) is 17.7 Å². The quantitative estimate of drug-likeness (QED) is 0.828. The van der Waals surface area contributed by atoms with Crippen LogP contribution < -0.4 is 10.6 Å². The number of methoxy groups -OCH3 is 1. The molecule has 0 aliphatic heterocycles. The molecular formula is C14H23ClN2O. The summed E-state index contributed by atoms with van der Waals surface area (Å²) >= 11 is 6.28. The molecule has 1 aromatic rings. The third-order valence-electron chi connectivity index (χ3n) is 3.08. The summed E-state index contributed by atoms with van der Waals surface area (Å²) < 4.78 is 5.24. The van der Waals surface area contributed by atoms with E-state index in [1.165, 1.54) is 5.69 Å². The van der Waals surface area contributed by atoms with E-state index in [4.69, 9.17) is 22.1 Å². The van der Waals surface area contributed by atoms with Gasteiger partial charge in [0.1, 0.15) is 0 Å². The van der Waals surface area contributed by atoms with Gasteiger partial charge in [-0.2, -0.15) is 0 Å². The maximum atomic E-state index is 6.28. The molecule has 1 rings (SSSR count). The smallest absolute Gasteiger partial charge is 0.0663 e. The number of hydrogen-bond donors (Lipinski definition) is 1. The van der Waals surface area contributed by atoms with Crippen LogP contribution in [-0.4, -0.2) is 32.8 Å². The van der Waals surface area contributed by atoms with Crippen LogP contribution in [0.1, 0.15) is 19.4 Å². The number of benzene rings is 1. The molecule has 102 valence electrons. The van der Waals surface area contributed by atoms with Crippen molar-refractivity contribution in [3.05, 3.63) is 28.8 Å². The van der Waals surface area contributed by atoms with E-state index in [1.54, 1.807) is 7.11 Å². The molecule has 0 bridgehead atoms. The molecule has 4 heteroatoms. The third-order valence-corrected chi connectivity index (χ3v) is 3.43. The third kappa shape index (κ3) is 3.61. The van der Waals surface area contributed by atoms with Gasteiger partial charge in [-0.05, 0) is 44.5 Å². The van der Waals surface area contributed by atoms with Crippen molar-refractivity contribution in [3.63, 3.8) is 0 Å². The van der Waals surface area contributed by atoms with Gasteiger partial charge in [-0.25, -0.2) is 0 Å². The first kappa shape index (κ1) is 15.3. The average Bonchev–Trinajstić information content (AvgIpc) is 2.34. The second kappa shape index (κ2) is 7.62. The number of ether oxygens (including phenoxy) is 1. The molecule has 0 heterocycles. The Morgan fingerprint density at radius 3 is 2.72 bits per heavy atom. The summed E-state index contributed by atoms with van der Waals surface area (Å²) in [5.41, 5.74) is 7.97. The number of anilines is 1. The summed E-state index contributed by atoms with van der Waals surface area (Å²) in [6, 6.07) is 6.33. The van der Waals surface area contributed by atoms with E-state index in [0.717, 1.165) is 23.6 Å². The predicted octanol–water partition coefficient (Wildman–Crippen LogP) is 2.70. The molecular weight excluding hydrogens is 248 g/mol. The topological polar surface area (TPSA) is 38.5 Å². The molecule has 0 radical (unpaired) electrons.